The molecule has 3 N–H and O–H groups in total. The van der Waals surface area contributed by atoms with Gasteiger partial charge in [-0.3, -0.25) is 4.79 Å². The minimum absolute atomic E-state index is 0.140. The topological polar surface area (TPSA) is 76.2 Å². The molecule has 0 aliphatic carbocycles. The van der Waals surface area contributed by atoms with Gasteiger partial charge in [-0.1, -0.05) is 17.7 Å². The molecule has 5 heteroatoms. The maximum atomic E-state index is 11.0. The third-order valence-corrected chi connectivity index (χ3v) is 2.85. The molecule has 0 saturated heterocycles. The van der Waals surface area contributed by atoms with E-state index in [2.05, 4.69) is 4.98 Å². The van der Waals surface area contributed by atoms with Gasteiger partial charge in [-0.25, -0.2) is 4.98 Å². The molecule has 0 aliphatic rings. The molecule has 1 aromatic carbocycles. The van der Waals surface area contributed by atoms with Crippen LogP contribution >= 0.6 is 11.6 Å². The van der Waals surface area contributed by atoms with Crippen LogP contribution in [0.5, 0.6) is 5.75 Å². The number of aromatic nitrogens is 1. The highest BCUT2D eigenvalue weighted by molar-refractivity contribution is 6.30. The van der Waals surface area contributed by atoms with Crippen molar-refractivity contribution < 1.29 is 9.90 Å². The Morgan fingerprint density at radius 2 is 2.11 bits per heavy atom. The Balaban J connectivity index is 2.55. The first kappa shape index (κ1) is 12.4. The summed E-state index contributed by atoms with van der Waals surface area (Å²) in [5.41, 5.74) is 7.45. The van der Waals surface area contributed by atoms with E-state index in [4.69, 9.17) is 17.3 Å². The molecule has 0 unspecified atom stereocenters. The summed E-state index contributed by atoms with van der Waals surface area (Å²) < 4.78 is 0. The zero-order valence-corrected chi connectivity index (χ0v) is 10.4. The summed E-state index contributed by atoms with van der Waals surface area (Å²) in [5.74, 6) is -0.999. The molecule has 18 heavy (non-hydrogen) atoms. The number of hydrogen-bond acceptors (Lipinski definition) is 3. The van der Waals surface area contributed by atoms with Gasteiger partial charge in [0.05, 0.1) is 0 Å². The van der Waals surface area contributed by atoms with Crippen LogP contribution in [0.15, 0.2) is 30.5 Å². The van der Waals surface area contributed by atoms with Crippen LogP contribution in [0.3, 0.4) is 0 Å². The Morgan fingerprint density at radius 3 is 2.72 bits per heavy atom. The second-order valence-electron chi connectivity index (χ2n) is 3.92. The van der Waals surface area contributed by atoms with E-state index in [0.29, 0.717) is 10.6 Å². The molecule has 92 valence electrons. The number of nitrogens with two attached hydrogens (primary N) is 1. The van der Waals surface area contributed by atoms with Crippen LogP contribution in [0.25, 0.3) is 11.1 Å². The number of benzene rings is 1. The second kappa shape index (κ2) is 4.66. The largest absolute Gasteiger partial charge is 0.505 e. The van der Waals surface area contributed by atoms with Gasteiger partial charge in [0.1, 0.15) is 5.75 Å². The second-order valence-corrected chi connectivity index (χ2v) is 4.35. The van der Waals surface area contributed by atoms with Crippen molar-refractivity contribution in [2.75, 3.05) is 0 Å². The van der Waals surface area contributed by atoms with E-state index in [0.717, 1.165) is 11.1 Å². The van der Waals surface area contributed by atoms with Crippen molar-refractivity contribution in [3.05, 3.63) is 46.7 Å². The molecule has 0 bridgehead atoms. The predicted octanol–water partition coefficient (Wildman–Crippen LogP) is 2.51. The third-order valence-electron chi connectivity index (χ3n) is 2.61. The zero-order chi connectivity index (χ0) is 13.3. The van der Waals surface area contributed by atoms with Gasteiger partial charge in [-0.05, 0) is 36.2 Å². The average Bonchev–Trinajstić information content (AvgIpc) is 2.31. The smallest absolute Gasteiger partial charge is 0.271 e. The summed E-state index contributed by atoms with van der Waals surface area (Å²) in [4.78, 5) is 14.8. The number of aryl methyl sites for hydroxylation is 1. The van der Waals surface area contributed by atoms with Crippen LogP contribution in [-0.2, 0) is 0 Å². The first-order valence-electron chi connectivity index (χ1n) is 5.24. The Morgan fingerprint density at radius 1 is 1.39 bits per heavy atom. The molecule has 1 heterocycles. The fourth-order valence-electron chi connectivity index (χ4n) is 1.70. The first-order valence-corrected chi connectivity index (χ1v) is 5.62. The van der Waals surface area contributed by atoms with Gasteiger partial charge in [-0.15, -0.1) is 0 Å². The summed E-state index contributed by atoms with van der Waals surface area (Å²) in [6, 6.07) is 6.88. The van der Waals surface area contributed by atoms with Gasteiger partial charge in [0, 0.05) is 16.8 Å². The van der Waals surface area contributed by atoms with Crippen molar-refractivity contribution in [3.63, 3.8) is 0 Å². The lowest BCUT2D eigenvalue weighted by atomic mass is 10.0. The maximum Gasteiger partial charge on any atom is 0.271 e. The van der Waals surface area contributed by atoms with Gasteiger partial charge in [0.15, 0.2) is 5.69 Å². The van der Waals surface area contributed by atoms with Gasteiger partial charge in [0.2, 0.25) is 0 Å². The zero-order valence-electron chi connectivity index (χ0n) is 9.64. The van der Waals surface area contributed by atoms with E-state index >= 15 is 0 Å². The highest BCUT2D eigenvalue weighted by Crippen LogP contribution is 2.29. The van der Waals surface area contributed by atoms with Crippen molar-refractivity contribution >= 4 is 17.5 Å². The molecular weight excluding hydrogens is 252 g/mol. The monoisotopic (exact) mass is 262 g/mol. The molecule has 0 fully saturated rings. The molecule has 2 rings (SSSR count). The summed E-state index contributed by atoms with van der Waals surface area (Å²) in [6.45, 7) is 1.92. The Bertz CT molecular complexity index is 626. The third kappa shape index (κ3) is 2.28. The molecule has 0 radical (unpaired) electrons. The van der Waals surface area contributed by atoms with E-state index in [1.807, 2.05) is 13.0 Å². The fourth-order valence-corrected chi connectivity index (χ4v) is 1.87. The molecule has 1 amide bonds. The quantitative estimate of drug-likeness (QED) is 0.873. The summed E-state index contributed by atoms with van der Waals surface area (Å²) >= 11 is 5.93. The van der Waals surface area contributed by atoms with Crippen molar-refractivity contribution in [1.29, 1.82) is 0 Å². The van der Waals surface area contributed by atoms with Crippen LogP contribution in [-0.4, -0.2) is 16.0 Å². The molecule has 4 nitrogen and oxygen atoms in total. The summed E-state index contributed by atoms with van der Waals surface area (Å²) in [5, 5.41) is 10.3. The van der Waals surface area contributed by atoms with Crippen LogP contribution in [0.4, 0.5) is 0 Å². The van der Waals surface area contributed by atoms with Crippen LogP contribution in [0, 0.1) is 6.92 Å². The van der Waals surface area contributed by atoms with Crippen LogP contribution < -0.4 is 5.73 Å². The molecule has 2 aromatic rings. The lowest BCUT2D eigenvalue weighted by Gasteiger charge is -2.08. The number of halogens is 1. The predicted molar refractivity (Wildman–Crippen MR) is 69.6 cm³/mol. The number of aromatic hydroxyl groups is 1. The molecular formula is C13H11ClN2O2. The minimum Gasteiger partial charge on any atom is -0.505 e. The first-order chi connectivity index (χ1) is 8.49. The van der Waals surface area contributed by atoms with Gasteiger partial charge < -0.3 is 10.8 Å². The van der Waals surface area contributed by atoms with Gasteiger partial charge in [-0.2, -0.15) is 0 Å². The van der Waals surface area contributed by atoms with E-state index in [1.54, 1.807) is 12.1 Å². The number of amides is 1. The number of carbonyl (C=O) groups is 1. The lowest BCUT2D eigenvalue weighted by molar-refractivity contribution is 0.0993. The molecule has 0 saturated carbocycles. The fraction of sp³-hybridized carbons (Fsp3) is 0.0769. The Kier molecular flexibility index (Phi) is 3.21. The Hall–Kier alpha value is -2.07. The number of carbonyl (C=O) groups excluding carboxylic acids is 1. The van der Waals surface area contributed by atoms with E-state index in [9.17, 15) is 9.90 Å². The molecule has 0 spiro atoms. The maximum absolute atomic E-state index is 11.0. The van der Waals surface area contributed by atoms with Crippen molar-refractivity contribution in [2.24, 2.45) is 5.73 Å². The molecule has 0 atom stereocenters. The van der Waals surface area contributed by atoms with E-state index < -0.39 is 5.91 Å². The number of primary amides is 1. The minimum atomic E-state index is -0.762. The van der Waals surface area contributed by atoms with Gasteiger partial charge in [0.25, 0.3) is 5.91 Å². The van der Waals surface area contributed by atoms with E-state index in [1.165, 1.54) is 12.3 Å². The van der Waals surface area contributed by atoms with Gasteiger partial charge >= 0.3 is 0 Å². The average molecular weight is 263 g/mol. The molecule has 0 aliphatic heterocycles. The summed E-state index contributed by atoms with van der Waals surface area (Å²) in [6.07, 6.45) is 1.48. The highest BCUT2D eigenvalue weighted by Gasteiger charge is 2.11. The van der Waals surface area contributed by atoms with Crippen LogP contribution in [0.2, 0.25) is 5.02 Å². The van der Waals surface area contributed by atoms with Crippen molar-refractivity contribution in [1.82, 2.24) is 4.98 Å². The molecule has 1 aromatic heterocycles. The number of nitrogens with zero attached hydrogens (tertiary/aromatic N) is 1. The highest BCUT2D eigenvalue weighted by atomic mass is 35.5. The number of hydrogen-bond donors (Lipinski definition) is 2. The number of rotatable bonds is 2. The normalized spacial score (nSPS) is 10.3. The summed E-state index contributed by atoms with van der Waals surface area (Å²) in [7, 11) is 0. The number of pyridine rings is 1. The SMILES string of the molecule is Cc1ccc(Cl)cc1-c1cnc(C(N)=O)c(O)c1. The van der Waals surface area contributed by atoms with Crippen molar-refractivity contribution in [2.45, 2.75) is 6.92 Å². The van der Waals surface area contributed by atoms with Crippen LogP contribution in [0.1, 0.15) is 16.1 Å². The standard InChI is InChI=1S/C13H11ClN2O2/c1-7-2-3-9(14)5-10(7)8-4-11(17)12(13(15)18)16-6-8/h2-6,17H,1H3,(H2,15,18). The Labute approximate surface area is 109 Å². The lowest BCUT2D eigenvalue weighted by Crippen LogP contribution is -2.13. The van der Waals surface area contributed by atoms with E-state index in [-0.39, 0.29) is 11.4 Å². The van der Waals surface area contributed by atoms with Crippen molar-refractivity contribution in [3.8, 4) is 16.9 Å².